The van der Waals surface area contributed by atoms with Crippen LogP contribution in [0.15, 0.2) is 40.4 Å². The zero-order valence-corrected chi connectivity index (χ0v) is 18.5. The van der Waals surface area contributed by atoms with Crippen molar-refractivity contribution >= 4 is 35.0 Å². The second-order valence-electron chi connectivity index (χ2n) is 7.92. The first kappa shape index (κ1) is 20.4. The Balaban J connectivity index is 1.54. The SMILES string of the molecule is Cc1cc(Nc2nc(Sc3ccc(CC(=O)C4CC4)cc3)nc(N(C)C)c2C)n[nH]1. The highest BCUT2D eigenvalue weighted by Crippen LogP contribution is 2.33. The molecule has 7 nitrogen and oxygen atoms in total. The van der Waals surface area contributed by atoms with Crippen molar-refractivity contribution in [1.82, 2.24) is 20.2 Å². The lowest BCUT2D eigenvalue weighted by Gasteiger charge is -2.18. The van der Waals surface area contributed by atoms with Gasteiger partial charge in [-0.2, -0.15) is 5.10 Å². The van der Waals surface area contributed by atoms with Gasteiger partial charge in [-0.05, 0) is 56.1 Å². The van der Waals surface area contributed by atoms with E-state index >= 15 is 0 Å². The number of hydrogen-bond acceptors (Lipinski definition) is 7. The summed E-state index contributed by atoms with van der Waals surface area (Å²) in [6, 6.07) is 10.0. The summed E-state index contributed by atoms with van der Waals surface area (Å²) in [7, 11) is 3.94. The fourth-order valence-electron chi connectivity index (χ4n) is 3.22. The number of nitrogens with zero attached hydrogens (tertiary/aromatic N) is 4. The first-order valence-corrected chi connectivity index (χ1v) is 10.8. The molecule has 156 valence electrons. The molecule has 2 aromatic heterocycles. The standard InChI is InChI=1S/C22H26N6OS/c1-13-11-19(27-26-13)23-20-14(2)21(28(3)4)25-22(24-20)30-17-9-5-15(6-10-17)12-18(29)16-7-8-16/h5-6,9-11,16H,7-8,12H2,1-4H3,(H2,23,24,25,26,27). The molecular weight excluding hydrogens is 396 g/mol. The van der Waals surface area contributed by atoms with E-state index in [0.29, 0.717) is 23.3 Å². The number of benzene rings is 1. The maximum atomic E-state index is 12.0. The van der Waals surface area contributed by atoms with Gasteiger partial charge >= 0.3 is 0 Å². The third-order valence-corrected chi connectivity index (χ3v) is 5.89. The Hall–Kier alpha value is -2.87. The van der Waals surface area contributed by atoms with Crippen LogP contribution in [0.25, 0.3) is 0 Å². The first-order chi connectivity index (χ1) is 14.4. The van der Waals surface area contributed by atoms with Gasteiger partial charge in [-0.15, -0.1) is 0 Å². The molecule has 0 aliphatic heterocycles. The second-order valence-corrected chi connectivity index (χ2v) is 8.96. The Morgan fingerprint density at radius 3 is 2.53 bits per heavy atom. The van der Waals surface area contributed by atoms with Gasteiger partial charge in [0, 0.05) is 48.7 Å². The van der Waals surface area contributed by atoms with Gasteiger partial charge in [0.15, 0.2) is 11.0 Å². The number of aromatic amines is 1. The third kappa shape index (κ3) is 4.81. The highest BCUT2D eigenvalue weighted by atomic mass is 32.2. The summed E-state index contributed by atoms with van der Waals surface area (Å²) < 4.78 is 0. The summed E-state index contributed by atoms with van der Waals surface area (Å²) in [5.41, 5.74) is 3.00. The van der Waals surface area contributed by atoms with Crippen molar-refractivity contribution in [1.29, 1.82) is 0 Å². The molecule has 0 radical (unpaired) electrons. The normalized spacial score (nSPS) is 13.3. The molecule has 0 atom stereocenters. The molecule has 1 saturated carbocycles. The summed E-state index contributed by atoms with van der Waals surface area (Å²) in [5.74, 6) is 2.97. The molecule has 1 fully saturated rings. The van der Waals surface area contributed by atoms with Crippen LogP contribution in [0.5, 0.6) is 0 Å². The van der Waals surface area contributed by atoms with E-state index in [9.17, 15) is 4.79 Å². The number of ketones is 1. The molecule has 1 aliphatic rings. The zero-order valence-electron chi connectivity index (χ0n) is 17.7. The van der Waals surface area contributed by atoms with Crippen molar-refractivity contribution < 1.29 is 4.79 Å². The number of hydrogen-bond donors (Lipinski definition) is 2. The third-order valence-electron chi connectivity index (χ3n) is 5.02. The molecule has 0 saturated heterocycles. The van der Waals surface area contributed by atoms with Crippen LogP contribution in [-0.4, -0.2) is 40.0 Å². The average molecular weight is 423 g/mol. The highest BCUT2D eigenvalue weighted by molar-refractivity contribution is 7.99. The highest BCUT2D eigenvalue weighted by Gasteiger charge is 2.29. The van der Waals surface area contributed by atoms with Crippen molar-refractivity contribution in [2.24, 2.45) is 5.92 Å². The fraction of sp³-hybridized carbons (Fsp3) is 0.364. The van der Waals surface area contributed by atoms with Crippen LogP contribution in [0.1, 0.15) is 29.7 Å². The van der Waals surface area contributed by atoms with Gasteiger partial charge in [0.05, 0.1) is 0 Å². The average Bonchev–Trinajstić information content (AvgIpc) is 3.48. The lowest BCUT2D eigenvalue weighted by atomic mass is 10.1. The summed E-state index contributed by atoms with van der Waals surface area (Å²) in [4.78, 5) is 24.5. The van der Waals surface area contributed by atoms with E-state index in [1.807, 2.05) is 63.2 Å². The molecule has 2 heterocycles. The van der Waals surface area contributed by atoms with Crippen LogP contribution in [0.2, 0.25) is 0 Å². The van der Waals surface area contributed by atoms with Crippen molar-refractivity contribution in [2.45, 2.75) is 43.2 Å². The maximum absolute atomic E-state index is 12.0. The number of Topliss-reactive ketones (excluding diaryl/α,β-unsaturated/α-hetero) is 1. The zero-order chi connectivity index (χ0) is 21.3. The van der Waals surface area contributed by atoms with Gasteiger partial charge < -0.3 is 10.2 Å². The largest absolute Gasteiger partial charge is 0.362 e. The first-order valence-electron chi connectivity index (χ1n) is 10.0. The van der Waals surface area contributed by atoms with Gasteiger partial charge in [0.1, 0.15) is 17.4 Å². The summed E-state index contributed by atoms with van der Waals surface area (Å²) in [6.45, 7) is 3.96. The van der Waals surface area contributed by atoms with Crippen molar-refractivity contribution in [3.63, 3.8) is 0 Å². The van der Waals surface area contributed by atoms with E-state index in [2.05, 4.69) is 15.5 Å². The van der Waals surface area contributed by atoms with Crippen molar-refractivity contribution in [2.75, 3.05) is 24.3 Å². The molecule has 3 aromatic rings. The van der Waals surface area contributed by atoms with Crippen LogP contribution >= 0.6 is 11.8 Å². The number of nitrogens with one attached hydrogen (secondary N) is 2. The number of aryl methyl sites for hydroxylation is 1. The predicted molar refractivity (Wildman–Crippen MR) is 120 cm³/mol. The van der Waals surface area contributed by atoms with Gasteiger partial charge in [-0.25, -0.2) is 9.97 Å². The predicted octanol–water partition coefficient (Wildman–Crippen LogP) is 4.30. The number of aromatic nitrogens is 4. The van der Waals surface area contributed by atoms with Crippen molar-refractivity contribution in [3.8, 4) is 0 Å². The molecule has 0 bridgehead atoms. The van der Waals surface area contributed by atoms with E-state index < -0.39 is 0 Å². The minimum atomic E-state index is 0.300. The molecule has 4 rings (SSSR count). The van der Waals surface area contributed by atoms with E-state index in [1.54, 1.807) is 0 Å². The van der Waals surface area contributed by atoms with Crippen LogP contribution in [-0.2, 0) is 11.2 Å². The molecule has 0 amide bonds. The Labute approximate surface area is 180 Å². The van der Waals surface area contributed by atoms with Crippen LogP contribution in [0.4, 0.5) is 17.5 Å². The Morgan fingerprint density at radius 1 is 1.20 bits per heavy atom. The molecule has 0 spiro atoms. The number of anilines is 3. The van der Waals surface area contributed by atoms with Gasteiger partial charge in [0.25, 0.3) is 0 Å². The second kappa shape index (κ2) is 8.47. The van der Waals surface area contributed by atoms with Crippen molar-refractivity contribution in [3.05, 3.63) is 47.2 Å². The number of carbonyl (C=O) groups excluding carboxylic acids is 1. The number of carbonyl (C=O) groups is 1. The molecule has 1 aromatic carbocycles. The monoisotopic (exact) mass is 422 g/mol. The molecule has 30 heavy (non-hydrogen) atoms. The van der Waals surface area contributed by atoms with E-state index in [0.717, 1.165) is 52.0 Å². The number of rotatable bonds is 8. The minimum Gasteiger partial charge on any atom is -0.362 e. The van der Waals surface area contributed by atoms with E-state index in [4.69, 9.17) is 9.97 Å². The molecule has 8 heteroatoms. The summed E-state index contributed by atoms with van der Waals surface area (Å²) in [6.07, 6.45) is 2.64. The lowest BCUT2D eigenvalue weighted by molar-refractivity contribution is -0.119. The molecule has 1 aliphatic carbocycles. The molecule has 0 unspecified atom stereocenters. The van der Waals surface area contributed by atoms with Crippen LogP contribution < -0.4 is 10.2 Å². The quantitative estimate of drug-likeness (QED) is 0.523. The van der Waals surface area contributed by atoms with Crippen LogP contribution in [0, 0.1) is 19.8 Å². The minimum absolute atomic E-state index is 0.300. The number of H-pyrrole nitrogens is 1. The maximum Gasteiger partial charge on any atom is 0.196 e. The van der Waals surface area contributed by atoms with E-state index in [1.165, 1.54) is 11.8 Å². The van der Waals surface area contributed by atoms with Gasteiger partial charge in [0.2, 0.25) is 0 Å². The fourth-order valence-corrected chi connectivity index (χ4v) is 3.97. The van der Waals surface area contributed by atoms with Crippen LogP contribution in [0.3, 0.4) is 0 Å². The Morgan fingerprint density at radius 2 is 1.93 bits per heavy atom. The summed E-state index contributed by atoms with van der Waals surface area (Å²) >= 11 is 1.50. The van der Waals surface area contributed by atoms with E-state index in [-0.39, 0.29) is 0 Å². The van der Waals surface area contributed by atoms with Gasteiger partial charge in [-0.1, -0.05) is 12.1 Å². The smallest absolute Gasteiger partial charge is 0.196 e. The molecule has 2 N–H and O–H groups in total. The summed E-state index contributed by atoms with van der Waals surface area (Å²) in [5, 5.41) is 11.1. The van der Waals surface area contributed by atoms with Gasteiger partial charge in [-0.3, -0.25) is 9.89 Å². The Bertz CT molecular complexity index is 1060. The molecular formula is C22H26N6OS. The lowest BCUT2D eigenvalue weighted by Crippen LogP contribution is -2.15. The Kier molecular flexibility index (Phi) is 5.76. The topological polar surface area (TPSA) is 86.8 Å².